The van der Waals surface area contributed by atoms with Crippen LogP contribution in [0, 0.1) is 6.92 Å². The second-order valence-electron chi connectivity index (χ2n) is 4.80. The summed E-state index contributed by atoms with van der Waals surface area (Å²) in [5, 5.41) is 1.36. The molecule has 2 aromatic carbocycles. The van der Waals surface area contributed by atoms with Gasteiger partial charge in [0.25, 0.3) is 0 Å². The number of aryl methyl sites for hydroxylation is 2. The topological polar surface area (TPSA) is 0 Å². The van der Waals surface area contributed by atoms with Crippen molar-refractivity contribution in [3.8, 4) is 11.1 Å². The third-order valence-electron chi connectivity index (χ3n) is 3.43. The highest BCUT2D eigenvalue weighted by Crippen LogP contribution is 2.24. The van der Waals surface area contributed by atoms with Crippen molar-refractivity contribution in [2.45, 2.75) is 33.1 Å². The molecule has 0 saturated heterocycles. The highest BCUT2D eigenvalue weighted by atomic mass is 31.0. The molecule has 1 unspecified atom stereocenters. The largest absolute Gasteiger partial charge is 0.105 e. The number of benzene rings is 2. The standard InChI is InChI=1S/C17H21P/c1-3-4-9-14-10-7-12-16(17(14)18)15-11-6-5-8-13(15)2/h5-8,10-12H,3-4,9,18H2,1-2H3. The normalized spacial score (nSPS) is 10.6. The summed E-state index contributed by atoms with van der Waals surface area (Å²) in [7, 11) is 2.93. The zero-order valence-electron chi connectivity index (χ0n) is 11.2. The zero-order valence-corrected chi connectivity index (χ0v) is 12.4. The third-order valence-corrected chi connectivity index (χ3v) is 4.11. The minimum atomic E-state index is 1.18. The van der Waals surface area contributed by atoms with Gasteiger partial charge < -0.3 is 0 Å². The average Bonchev–Trinajstić information content (AvgIpc) is 2.39. The molecule has 0 heterocycles. The number of rotatable bonds is 4. The zero-order chi connectivity index (χ0) is 13.0. The fraction of sp³-hybridized carbons (Fsp3) is 0.294. The van der Waals surface area contributed by atoms with Crippen molar-refractivity contribution in [1.29, 1.82) is 0 Å². The molecule has 0 aliphatic carbocycles. The lowest BCUT2D eigenvalue weighted by molar-refractivity contribution is 0.798. The first-order valence-corrected chi connectivity index (χ1v) is 7.25. The van der Waals surface area contributed by atoms with Crippen molar-refractivity contribution in [2.24, 2.45) is 0 Å². The monoisotopic (exact) mass is 256 g/mol. The quantitative estimate of drug-likeness (QED) is 0.706. The van der Waals surface area contributed by atoms with Gasteiger partial charge in [-0.05, 0) is 47.3 Å². The maximum absolute atomic E-state index is 2.93. The molecular weight excluding hydrogens is 235 g/mol. The van der Waals surface area contributed by atoms with Crippen molar-refractivity contribution >= 4 is 14.5 Å². The van der Waals surface area contributed by atoms with Crippen LogP contribution in [0.1, 0.15) is 30.9 Å². The van der Waals surface area contributed by atoms with Gasteiger partial charge in [-0.1, -0.05) is 55.8 Å². The molecular formula is C17H21P. The predicted octanol–water partition coefficient (Wildman–Crippen LogP) is 4.51. The Balaban J connectivity index is 2.43. The van der Waals surface area contributed by atoms with Crippen molar-refractivity contribution < 1.29 is 0 Å². The van der Waals surface area contributed by atoms with Gasteiger partial charge in [0.05, 0.1) is 0 Å². The van der Waals surface area contributed by atoms with Crippen LogP contribution in [-0.2, 0) is 6.42 Å². The second-order valence-corrected chi connectivity index (χ2v) is 5.37. The Morgan fingerprint density at radius 2 is 1.67 bits per heavy atom. The molecule has 0 radical (unpaired) electrons. The van der Waals surface area contributed by atoms with E-state index >= 15 is 0 Å². The van der Waals surface area contributed by atoms with Gasteiger partial charge in [-0.3, -0.25) is 0 Å². The van der Waals surface area contributed by atoms with Crippen LogP contribution < -0.4 is 5.30 Å². The van der Waals surface area contributed by atoms with E-state index < -0.39 is 0 Å². The SMILES string of the molecule is CCCCc1cccc(-c2ccccc2C)c1P. The Kier molecular flexibility index (Phi) is 4.55. The van der Waals surface area contributed by atoms with E-state index in [0.717, 1.165) is 0 Å². The molecule has 2 aromatic rings. The number of hydrogen-bond donors (Lipinski definition) is 0. The predicted molar refractivity (Wildman–Crippen MR) is 84.6 cm³/mol. The summed E-state index contributed by atoms with van der Waals surface area (Å²) in [5.41, 5.74) is 5.50. The lowest BCUT2D eigenvalue weighted by atomic mass is 9.97. The fourth-order valence-electron chi connectivity index (χ4n) is 2.31. The second kappa shape index (κ2) is 6.16. The van der Waals surface area contributed by atoms with E-state index in [-0.39, 0.29) is 0 Å². The van der Waals surface area contributed by atoms with E-state index in [2.05, 4.69) is 65.6 Å². The molecule has 0 amide bonds. The van der Waals surface area contributed by atoms with E-state index in [1.165, 1.54) is 46.8 Å². The van der Waals surface area contributed by atoms with Gasteiger partial charge in [0.2, 0.25) is 0 Å². The third kappa shape index (κ3) is 2.82. The molecule has 18 heavy (non-hydrogen) atoms. The Bertz CT molecular complexity index is 529. The number of unbranched alkanes of at least 4 members (excludes halogenated alkanes) is 1. The van der Waals surface area contributed by atoms with Crippen molar-refractivity contribution in [1.82, 2.24) is 0 Å². The first kappa shape index (κ1) is 13.3. The molecule has 0 aliphatic heterocycles. The average molecular weight is 256 g/mol. The molecule has 1 atom stereocenters. The van der Waals surface area contributed by atoms with Gasteiger partial charge in [-0.25, -0.2) is 0 Å². The molecule has 0 fully saturated rings. The highest BCUT2D eigenvalue weighted by molar-refractivity contribution is 7.28. The van der Waals surface area contributed by atoms with Crippen molar-refractivity contribution in [3.05, 3.63) is 53.6 Å². The van der Waals surface area contributed by atoms with Crippen molar-refractivity contribution in [3.63, 3.8) is 0 Å². The number of hydrogen-bond acceptors (Lipinski definition) is 0. The summed E-state index contributed by atoms with van der Waals surface area (Å²) < 4.78 is 0. The van der Waals surface area contributed by atoms with Gasteiger partial charge >= 0.3 is 0 Å². The van der Waals surface area contributed by atoms with Crippen LogP contribution >= 0.6 is 9.24 Å². The molecule has 0 N–H and O–H groups in total. The molecule has 0 saturated carbocycles. The molecule has 0 aliphatic rings. The van der Waals surface area contributed by atoms with Gasteiger partial charge in [-0.2, -0.15) is 0 Å². The van der Waals surface area contributed by atoms with E-state index in [0.29, 0.717) is 0 Å². The molecule has 94 valence electrons. The molecule has 0 nitrogen and oxygen atoms in total. The summed E-state index contributed by atoms with van der Waals surface area (Å²) in [6.07, 6.45) is 3.69. The minimum absolute atomic E-state index is 1.18. The lowest BCUT2D eigenvalue weighted by Gasteiger charge is -2.13. The van der Waals surface area contributed by atoms with E-state index in [1.807, 2.05) is 0 Å². The van der Waals surface area contributed by atoms with E-state index in [9.17, 15) is 0 Å². The van der Waals surface area contributed by atoms with Crippen LogP contribution in [0.2, 0.25) is 0 Å². The molecule has 0 spiro atoms. The molecule has 1 heteroatoms. The van der Waals surface area contributed by atoms with Crippen LogP contribution in [0.15, 0.2) is 42.5 Å². The molecule has 2 rings (SSSR count). The fourth-order valence-corrected chi connectivity index (χ4v) is 2.80. The van der Waals surface area contributed by atoms with Gasteiger partial charge in [0.15, 0.2) is 0 Å². The van der Waals surface area contributed by atoms with E-state index in [1.54, 1.807) is 0 Å². The first-order chi connectivity index (χ1) is 8.74. The Morgan fingerprint density at radius 1 is 0.944 bits per heavy atom. The van der Waals surface area contributed by atoms with Gasteiger partial charge in [0, 0.05) is 0 Å². The highest BCUT2D eigenvalue weighted by Gasteiger charge is 2.07. The summed E-state index contributed by atoms with van der Waals surface area (Å²) in [5.74, 6) is 0. The summed E-state index contributed by atoms with van der Waals surface area (Å²) in [4.78, 5) is 0. The van der Waals surface area contributed by atoms with Crippen LogP contribution in [0.3, 0.4) is 0 Å². The summed E-state index contributed by atoms with van der Waals surface area (Å²) >= 11 is 0. The Labute approximate surface area is 113 Å². The maximum atomic E-state index is 2.93. The van der Waals surface area contributed by atoms with Crippen LogP contribution in [-0.4, -0.2) is 0 Å². The van der Waals surface area contributed by atoms with Crippen LogP contribution in [0.5, 0.6) is 0 Å². The summed E-state index contributed by atoms with van der Waals surface area (Å²) in [6.45, 7) is 4.42. The minimum Gasteiger partial charge on any atom is -0.105 e. The van der Waals surface area contributed by atoms with Gasteiger partial charge in [-0.15, -0.1) is 9.24 Å². The Morgan fingerprint density at radius 3 is 2.39 bits per heavy atom. The smallest absolute Gasteiger partial charge is 0.0107 e. The molecule has 0 aromatic heterocycles. The van der Waals surface area contributed by atoms with E-state index in [4.69, 9.17) is 0 Å². The Hall–Kier alpha value is -1.13. The van der Waals surface area contributed by atoms with Crippen molar-refractivity contribution in [2.75, 3.05) is 0 Å². The van der Waals surface area contributed by atoms with Crippen LogP contribution in [0.25, 0.3) is 11.1 Å². The maximum Gasteiger partial charge on any atom is -0.0107 e. The van der Waals surface area contributed by atoms with Gasteiger partial charge in [0.1, 0.15) is 0 Å². The summed E-state index contributed by atoms with van der Waals surface area (Å²) in [6, 6.07) is 15.3. The molecule has 0 bridgehead atoms. The first-order valence-electron chi connectivity index (χ1n) is 6.67. The lowest BCUT2D eigenvalue weighted by Crippen LogP contribution is -2.06. The van der Waals surface area contributed by atoms with Crippen LogP contribution in [0.4, 0.5) is 0 Å².